The zero-order valence-electron chi connectivity index (χ0n) is 67.7. The van der Waals surface area contributed by atoms with E-state index in [2.05, 4.69) is 204 Å². The SMILES string of the molecule is Cc1cccc(-c2ccc(C3CC3C)[n+](C)c2)c1C.[2H]C([2H])([2H])c1ccc(-c2ccc(C3CC3C)[n+](C)c2)cc1.[2H]C([2H])([2H])c1cccc(-c2cc[n+](C)c(C3CC3C)c2)c1.[2H]C([2H])([2H])c1cccc(-c2ccc(C3CC3C)[n+](C)c2)c1.[2H]C([2H])([2H])c1ccccc1-c1cc[n+](C)c(C2CC2C)c1. The first-order valence-corrected chi connectivity index (χ1v) is 33.0. The van der Waals surface area contributed by atoms with Crippen LogP contribution in [-0.4, -0.2) is 0 Å². The monoisotopic (exact) mass is 1220 g/mol. The average molecular weight is 1220 g/mol. The van der Waals surface area contributed by atoms with Crippen LogP contribution in [0.3, 0.4) is 0 Å². The van der Waals surface area contributed by atoms with Crippen LogP contribution in [0.5, 0.6) is 0 Å². The maximum atomic E-state index is 7.72. The maximum absolute atomic E-state index is 7.72. The molecule has 5 nitrogen and oxygen atoms in total. The van der Waals surface area contributed by atoms with E-state index >= 15 is 0 Å². The number of rotatable bonds is 10. The molecule has 10 atom stereocenters. The fraction of sp³-hybridized carbons (Fsp3) is 0.360. The quantitative estimate of drug-likeness (QED) is 0.122. The standard InChI is InChI=1S/C18H22N.4C17H20N/c1-12-6-5-7-16(14(12)3)15-8-9-18(19(4)11-15)17-10-13(17)2;1-12-4-6-14(7-5-12)15-8-9-17(18(3)11-15)16-10-13(16)2;1-12-5-4-6-14(9-12)15-7-8-18(3)17(11-15)16-10-13(16)2;1-12-5-4-6-14(9-12)15-7-8-17(18(3)11-15)16-10-13(16)2;1-12-6-4-5-7-15(12)14-8-9-18(3)17(11-14)16-10-13(16)2/h5-9,11,13,17H,10H2,1-4H3;4*4-9,11,13,16H,10H2,1-3H3/q5*+1/i;4*1D3. The van der Waals surface area contributed by atoms with Gasteiger partial charge in [0.2, 0.25) is 0 Å². The van der Waals surface area contributed by atoms with E-state index < -0.39 is 27.4 Å². The Hall–Kier alpha value is -8.15. The number of pyridine rings is 5. The molecule has 0 saturated heterocycles. The molecule has 0 spiro atoms. The number of aryl methyl sites for hydroxylation is 10. The Labute approximate surface area is 563 Å². The first kappa shape index (κ1) is 50.5. The molecule has 0 N–H and O–H groups in total. The van der Waals surface area contributed by atoms with Gasteiger partial charge in [0, 0.05) is 105 Å². The third-order valence-electron chi connectivity index (χ3n) is 20.1. The van der Waals surface area contributed by atoms with E-state index in [1.807, 2.05) is 60.8 Å². The van der Waals surface area contributed by atoms with Crippen molar-refractivity contribution in [3.8, 4) is 55.6 Å². The minimum atomic E-state index is -2.08. The lowest BCUT2D eigenvalue weighted by Crippen LogP contribution is -2.33. The number of hydrogen-bond donors (Lipinski definition) is 0. The molecule has 5 aromatic heterocycles. The Morgan fingerprint density at radius 2 is 0.670 bits per heavy atom. The van der Waals surface area contributed by atoms with Crippen molar-refractivity contribution in [3.63, 3.8) is 0 Å². The summed E-state index contributed by atoms with van der Waals surface area (Å²) in [5.41, 5.74) is 21.9. The summed E-state index contributed by atoms with van der Waals surface area (Å²) in [4.78, 5) is 0. The molecule has 5 heteroatoms. The van der Waals surface area contributed by atoms with Crippen molar-refractivity contribution in [2.45, 2.75) is 138 Å². The van der Waals surface area contributed by atoms with Crippen LogP contribution in [0.2, 0.25) is 0 Å². The van der Waals surface area contributed by atoms with Crippen molar-refractivity contribution in [1.29, 1.82) is 0 Å². The zero-order chi connectivity index (χ0) is 74.4. The van der Waals surface area contributed by atoms with Crippen LogP contribution in [0.25, 0.3) is 55.6 Å². The second kappa shape index (κ2) is 27.8. The molecule has 10 aromatic rings. The second-order valence-electron chi connectivity index (χ2n) is 27.4. The Kier molecular flexibility index (Phi) is 15.4. The lowest BCUT2D eigenvalue weighted by Gasteiger charge is -2.08. The van der Waals surface area contributed by atoms with Crippen LogP contribution in [0.1, 0.15) is 175 Å². The predicted molar refractivity (Wildman–Crippen MR) is 376 cm³/mol. The number of nitrogens with zero attached hydrogens (tertiary/aromatic N) is 5. The van der Waals surface area contributed by atoms with E-state index in [1.54, 1.807) is 48.5 Å². The third-order valence-corrected chi connectivity index (χ3v) is 20.1. The largest absolute Gasteiger partial charge is 0.205 e. The molecular weight excluding hydrogens is 1100 g/mol. The molecule has 91 heavy (non-hydrogen) atoms. The highest BCUT2D eigenvalue weighted by Gasteiger charge is 2.43. The van der Waals surface area contributed by atoms with Crippen LogP contribution in [0.15, 0.2) is 207 Å². The Balaban J connectivity index is 0.000000129. The van der Waals surface area contributed by atoms with Gasteiger partial charge < -0.3 is 0 Å². The summed E-state index contributed by atoms with van der Waals surface area (Å²) in [5, 5.41) is 0. The lowest BCUT2D eigenvalue weighted by atomic mass is 9.98. The van der Waals surface area contributed by atoms with Gasteiger partial charge in [0.15, 0.2) is 59.5 Å². The highest BCUT2D eigenvalue weighted by Crippen LogP contribution is 2.49. The van der Waals surface area contributed by atoms with Gasteiger partial charge in [-0.3, -0.25) is 0 Å². The van der Waals surface area contributed by atoms with Crippen molar-refractivity contribution >= 4 is 0 Å². The van der Waals surface area contributed by atoms with E-state index in [4.69, 9.17) is 16.4 Å². The van der Waals surface area contributed by atoms with Gasteiger partial charge in [-0.25, -0.2) is 22.8 Å². The van der Waals surface area contributed by atoms with Crippen molar-refractivity contribution in [1.82, 2.24) is 0 Å². The van der Waals surface area contributed by atoms with Gasteiger partial charge in [-0.15, -0.1) is 0 Å². The summed E-state index contributed by atoms with van der Waals surface area (Å²) in [7, 11) is 10.5. The van der Waals surface area contributed by atoms with Gasteiger partial charge in [-0.2, -0.15) is 0 Å². The molecule has 0 radical (unpaired) electrons. The summed E-state index contributed by atoms with van der Waals surface area (Å²) >= 11 is 0. The fourth-order valence-corrected chi connectivity index (χ4v) is 13.3. The van der Waals surface area contributed by atoms with Crippen LogP contribution in [-0.2, 0) is 35.2 Å². The van der Waals surface area contributed by atoms with Gasteiger partial charge in [0.1, 0.15) is 35.2 Å². The minimum Gasteiger partial charge on any atom is -0.205 e. The molecule has 5 fully saturated rings. The first-order chi connectivity index (χ1) is 48.5. The first-order valence-electron chi connectivity index (χ1n) is 39.0. The maximum Gasteiger partial charge on any atom is 0.185 e. The number of benzene rings is 5. The summed E-state index contributed by atoms with van der Waals surface area (Å²) in [6, 6.07) is 57.0. The fourth-order valence-electron chi connectivity index (χ4n) is 13.3. The lowest BCUT2D eigenvalue weighted by molar-refractivity contribution is -0.679. The molecule has 0 aliphatic heterocycles. The zero-order valence-corrected chi connectivity index (χ0v) is 55.7. The molecule has 5 heterocycles. The van der Waals surface area contributed by atoms with Gasteiger partial charge in [0.05, 0.1) is 0 Å². The van der Waals surface area contributed by atoms with Crippen LogP contribution >= 0.6 is 0 Å². The average Bonchev–Trinajstić information content (AvgIpc) is 1.58. The van der Waals surface area contributed by atoms with Crippen LogP contribution in [0.4, 0.5) is 0 Å². The van der Waals surface area contributed by atoms with Gasteiger partial charge in [0.25, 0.3) is 0 Å². The van der Waals surface area contributed by atoms with E-state index in [0.717, 1.165) is 80.0 Å². The predicted octanol–water partition coefficient (Wildman–Crippen LogP) is 18.4. The minimum absolute atomic E-state index is 0.388. The molecule has 15 rings (SSSR count). The highest BCUT2D eigenvalue weighted by molar-refractivity contribution is 5.69. The number of hydrogen-bond acceptors (Lipinski definition) is 0. The molecule has 5 aliphatic carbocycles. The van der Waals surface area contributed by atoms with E-state index in [1.165, 1.54) is 82.8 Å². The Morgan fingerprint density at radius 1 is 0.297 bits per heavy atom. The molecular formula is C86H102N5+5. The van der Waals surface area contributed by atoms with Crippen molar-refractivity contribution in [3.05, 3.63) is 269 Å². The van der Waals surface area contributed by atoms with Gasteiger partial charge in [-0.1, -0.05) is 167 Å². The molecule has 0 amide bonds. The molecule has 466 valence electrons. The highest BCUT2D eigenvalue weighted by atomic mass is 15.0. The van der Waals surface area contributed by atoms with E-state index in [9.17, 15) is 0 Å². The third kappa shape index (κ3) is 15.8. The summed E-state index contributed by atoms with van der Waals surface area (Å²) < 4.78 is 102. The smallest absolute Gasteiger partial charge is 0.185 e. The second-order valence-corrected chi connectivity index (χ2v) is 27.4. The Morgan fingerprint density at radius 3 is 1.14 bits per heavy atom. The van der Waals surface area contributed by atoms with Crippen molar-refractivity contribution < 1.29 is 39.3 Å². The molecule has 5 aliphatic rings. The topological polar surface area (TPSA) is 19.4 Å². The van der Waals surface area contributed by atoms with Gasteiger partial charge in [-0.05, 0) is 177 Å². The molecule has 5 saturated carbocycles. The van der Waals surface area contributed by atoms with E-state index in [0.29, 0.717) is 45.9 Å². The summed E-state index contributed by atoms with van der Waals surface area (Å²) in [6.07, 6.45) is 17.0. The molecule has 10 unspecified atom stereocenters. The van der Waals surface area contributed by atoms with Gasteiger partial charge >= 0.3 is 0 Å². The molecule has 5 aromatic carbocycles. The van der Waals surface area contributed by atoms with Crippen molar-refractivity contribution in [2.24, 2.45) is 64.8 Å². The summed E-state index contributed by atoms with van der Waals surface area (Å²) in [6.45, 7) is 7.59. The van der Waals surface area contributed by atoms with Crippen LogP contribution < -0.4 is 22.8 Å². The van der Waals surface area contributed by atoms with E-state index in [-0.39, 0.29) is 0 Å². The number of aromatic nitrogens is 5. The van der Waals surface area contributed by atoms with Crippen molar-refractivity contribution in [2.75, 3.05) is 0 Å². The molecule has 0 bridgehead atoms. The Bertz CT molecular complexity index is 4690. The summed E-state index contributed by atoms with van der Waals surface area (Å²) in [5.74, 6) is 7.30. The normalized spacial score (nSPS) is 24.4. The van der Waals surface area contributed by atoms with Crippen LogP contribution in [0, 0.1) is 70.8 Å².